The van der Waals surface area contributed by atoms with Crippen molar-refractivity contribution in [3.05, 3.63) is 29.8 Å². The molecular formula is C19H31N5O4S. The normalized spacial score (nSPS) is 16.4. The molecule has 0 unspecified atom stereocenters. The van der Waals surface area contributed by atoms with E-state index < -0.39 is 15.9 Å². The number of piperidine rings is 1. The van der Waals surface area contributed by atoms with Crippen molar-refractivity contribution in [3.63, 3.8) is 0 Å². The predicted molar refractivity (Wildman–Crippen MR) is 113 cm³/mol. The van der Waals surface area contributed by atoms with Crippen LogP contribution in [-0.4, -0.2) is 63.1 Å². The molecule has 162 valence electrons. The number of carbonyl (C=O) groups is 1. The molecule has 0 bridgehead atoms. The molecule has 29 heavy (non-hydrogen) atoms. The van der Waals surface area contributed by atoms with Crippen LogP contribution in [0.1, 0.15) is 31.7 Å². The van der Waals surface area contributed by atoms with Crippen LogP contribution in [0.4, 0.5) is 0 Å². The van der Waals surface area contributed by atoms with Crippen LogP contribution in [0.25, 0.3) is 0 Å². The van der Waals surface area contributed by atoms with Crippen LogP contribution in [0.5, 0.6) is 5.75 Å². The van der Waals surface area contributed by atoms with Crippen LogP contribution in [0.2, 0.25) is 0 Å². The van der Waals surface area contributed by atoms with Gasteiger partial charge in [-0.05, 0) is 37.0 Å². The summed E-state index contributed by atoms with van der Waals surface area (Å²) < 4.78 is 31.3. The van der Waals surface area contributed by atoms with Crippen molar-refractivity contribution in [1.29, 1.82) is 0 Å². The van der Waals surface area contributed by atoms with E-state index >= 15 is 0 Å². The molecule has 2 rings (SSSR count). The lowest BCUT2D eigenvalue weighted by Gasteiger charge is -2.32. The van der Waals surface area contributed by atoms with Crippen LogP contribution >= 0.6 is 0 Å². The second-order valence-electron chi connectivity index (χ2n) is 6.96. The van der Waals surface area contributed by atoms with Gasteiger partial charge in [0.2, 0.25) is 10.0 Å². The standard InChI is InChI=1S/C19H31N5O4S/c1-3-11-29(26,27)24-9-7-16(8-10-24)23-19(21-2)22-13-15-5-4-6-17(12-15)28-14-18(20)25/h4-6,12,16H,3,7-11,13-14H2,1-2H3,(H2,20,25)(H2,21,22,23). The predicted octanol–water partition coefficient (Wildman–Crippen LogP) is 0.420. The van der Waals surface area contributed by atoms with Gasteiger partial charge in [-0.15, -0.1) is 0 Å². The van der Waals surface area contributed by atoms with Crippen molar-refractivity contribution in [2.45, 2.75) is 38.8 Å². The fourth-order valence-corrected chi connectivity index (χ4v) is 4.68. The first-order valence-electron chi connectivity index (χ1n) is 9.79. The molecule has 9 nitrogen and oxygen atoms in total. The number of nitrogens with zero attached hydrogens (tertiary/aromatic N) is 2. The highest BCUT2D eigenvalue weighted by Gasteiger charge is 2.27. The highest BCUT2D eigenvalue weighted by Crippen LogP contribution is 2.15. The number of amides is 1. The van der Waals surface area contributed by atoms with E-state index in [4.69, 9.17) is 10.5 Å². The number of nitrogens with one attached hydrogen (secondary N) is 2. The number of primary amides is 1. The Morgan fingerprint density at radius 1 is 1.34 bits per heavy atom. The van der Waals surface area contributed by atoms with Crippen molar-refractivity contribution in [1.82, 2.24) is 14.9 Å². The number of carbonyl (C=O) groups excluding carboxylic acids is 1. The van der Waals surface area contributed by atoms with Gasteiger partial charge in [0.1, 0.15) is 5.75 Å². The number of guanidine groups is 1. The van der Waals surface area contributed by atoms with E-state index in [1.165, 1.54) is 0 Å². The van der Waals surface area contributed by atoms with Crippen molar-refractivity contribution in [3.8, 4) is 5.75 Å². The second-order valence-corrected chi connectivity index (χ2v) is 9.05. The summed E-state index contributed by atoms with van der Waals surface area (Å²) in [5.41, 5.74) is 6.06. The molecule has 0 radical (unpaired) electrons. The lowest BCUT2D eigenvalue weighted by molar-refractivity contribution is -0.119. The molecule has 1 heterocycles. The summed E-state index contributed by atoms with van der Waals surface area (Å²) in [5, 5.41) is 6.61. The van der Waals surface area contributed by atoms with Crippen LogP contribution in [0.15, 0.2) is 29.3 Å². The molecule has 1 aromatic carbocycles. The molecule has 0 saturated carbocycles. The first-order chi connectivity index (χ1) is 13.8. The van der Waals surface area contributed by atoms with E-state index in [-0.39, 0.29) is 18.4 Å². The zero-order valence-corrected chi connectivity index (χ0v) is 17.9. The minimum absolute atomic E-state index is 0.160. The zero-order chi connectivity index (χ0) is 21.3. The SMILES string of the molecule is CCCS(=O)(=O)N1CCC(NC(=NC)NCc2cccc(OCC(N)=O)c2)CC1. The molecule has 0 spiro atoms. The van der Waals surface area contributed by atoms with Crippen LogP contribution in [-0.2, 0) is 21.4 Å². The van der Waals surface area contributed by atoms with Gasteiger partial charge in [-0.25, -0.2) is 12.7 Å². The summed E-state index contributed by atoms with van der Waals surface area (Å²) in [7, 11) is -1.44. The zero-order valence-electron chi connectivity index (χ0n) is 17.1. The maximum Gasteiger partial charge on any atom is 0.255 e. The third-order valence-corrected chi connectivity index (χ3v) is 6.69. The fraction of sp³-hybridized carbons (Fsp3) is 0.579. The minimum Gasteiger partial charge on any atom is -0.484 e. The summed E-state index contributed by atoms with van der Waals surface area (Å²) in [6.45, 7) is 3.29. The quantitative estimate of drug-likeness (QED) is 0.389. The number of nitrogens with two attached hydrogens (primary N) is 1. The van der Waals surface area contributed by atoms with Gasteiger partial charge >= 0.3 is 0 Å². The maximum absolute atomic E-state index is 12.2. The first kappa shape index (κ1) is 23.0. The van der Waals surface area contributed by atoms with Crippen molar-refractivity contribution in [2.24, 2.45) is 10.7 Å². The van der Waals surface area contributed by atoms with E-state index in [0.717, 1.165) is 18.4 Å². The summed E-state index contributed by atoms with van der Waals surface area (Å²) in [6, 6.07) is 7.55. The minimum atomic E-state index is -3.13. The number of sulfonamides is 1. The number of ether oxygens (including phenoxy) is 1. The molecule has 4 N–H and O–H groups in total. The van der Waals surface area contributed by atoms with Gasteiger partial charge in [-0.1, -0.05) is 19.1 Å². The van der Waals surface area contributed by atoms with Gasteiger partial charge < -0.3 is 21.1 Å². The van der Waals surface area contributed by atoms with Gasteiger partial charge in [-0.3, -0.25) is 9.79 Å². The van der Waals surface area contributed by atoms with Crippen molar-refractivity contribution in [2.75, 3.05) is 32.5 Å². The molecule has 1 aliphatic rings. The Kier molecular flexibility index (Phi) is 8.71. The number of aliphatic imine (C=N–C) groups is 1. The first-order valence-corrected chi connectivity index (χ1v) is 11.4. The van der Waals surface area contributed by atoms with E-state index in [9.17, 15) is 13.2 Å². The number of rotatable bonds is 9. The Labute approximate surface area is 172 Å². The fourth-order valence-electron chi connectivity index (χ4n) is 3.14. The van der Waals surface area contributed by atoms with Gasteiger partial charge in [0.15, 0.2) is 12.6 Å². The molecule has 1 amide bonds. The highest BCUT2D eigenvalue weighted by molar-refractivity contribution is 7.89. The van der Waals surface area contributed by atoms with Gasteiger partial charge in [0.25, 0.3) is 5.91 Å². The maximum atomic E-state index is 12.2. The summed E-state index contributed by atoms with van der Waals surface area (Å²) >= 11 is 0. The van der Waals surface area contributed by atoms with E-state index in [1.807, 2.05) is 25.1 Å². The molecule has 10 heteroatoms. The molecule has 0 aromatic heterocycles. The van der Waals surface area contributed by atoms with Crippen molar-refractivity contribution < 1.29 is 17.9 Å². The topological polar surface area (TPSA) is 126 Å². The monoisotopic (exact) mass is 425 g/mol. The number of benzene rings is 1. The van der Waals surface area contributed by atoms with E-state index in [0.29, 0.717) is 37.8 Å². The van der Waals surface area contributed by atoms with Crippen LogP contribution in [0.3, 0.4) is 0 Å². The lowest BCUT2D eigenvalue weighted by Crippen LogP contribution is -2.49. The van der Waals surface area contributed by atoms with Crippen LogP contribution in [0, 0.1) is 0 Å². The molecule has 0 aliphatic carbocycles. The molecule has 1 fully saturated rings. The average molecular weight is 426 g/mol. The molecule has 1 saturated heterocycles. The Hall–Kier alpha value is -2.33. The van der Waals surface area contributed by atoms with E-state index in [2.05, 4.69) is 15.6 Å². The second kappa shape index (κ2) is 11.0. The average Bonchev–Trinajstić information content (AvgIpc) is 2.70. The Balaban J connectivity index is 1.82. The Bertz CT molecular complexity index is 805. The third-order valence-electron chi connectivity index (χ3n) is 4.61. The van der Waals surface area contributed by atoms with E-state index in [1.54, 1.807) is 17.4 Å². The highest BCUT2D eigenvalue weighted by atomic mass is 32.2. The number of hydrogen-bond acceptors (Lipinski definition) is 5. The smallest absolute Gasteiger partial charge is 0.255 e. The summed E-state index contributed by atoms with van der Waals surface area (Å²) in [4.78, 5) is 15.1. The van der Waals surface area contributed by atoms with Gasteiger partial charge in [0.05, 0.1) is 5.75 Å². The summed E-state index contributed by atoms with van der Waals surface area (Å²) in [6.07, 6.45) is 2.10. The molecule has 1 aliphatic heterocycles. The Morgan fingerprint density at radius 3 is 2.69 bits per heavy atom. The molecule has 1 aromatic rings. The number of hydrogen-bond donors (Lipinski definition) is 3. The third kappa shape index (κ3) is 7.54. The van der Waals surface area contributed by atoms with Crippen LogP contribution < -0.4 is 21.1 Å². The van der Waals surface area contributed by atoms with Crippen molar-refractivity contribution >= 4 is 21.9 Å². The molecular weight excluding hydrogens is 394 g/mol. The summed E-state index contributed by atoms with van der Waals surface area (Å²) in [5.74, 6) is 0.915. The molecule has 0 atom stereocenters. The van der Waals surface area contributed by atoms with Gasteiger partial charge in [-0.2, -0.15) is 0 Å². The largest absolute Gasteiger partial charge is 0.484 e. The lowest BCUT2D eigenvalue weighted by atomic mass is 10.1. The Morgan fingerprint density at radius 2 is 2.07 bits per heavy atom. The van der Waals surface area contributed by atoms with Gasteiger partial charge in [0, 0.05) is 32.7 Å².